The third-order valence-corrected chi connectivity index (χ3v) is 4.66. The first kappa shape index (κ1) is 19.0. The van der Waals surface area contributed by atoms with E-state index in [0.29, 0.717) is 46.1 Å². The van der Waals surface area contributed by atoms with Gasteiger partial charge < -0.3 is 24.8 Å². The molecule has 2 aromatic rings. The van der Waals surface area contributed by atoms with Gasteiger partial charge in [0.15, 0.2) is 11.5 Å². The number of anilines is 2. The molecular formula is C19H19BrN2O5. The highest BCUT2D eigenvalue weighted by Crippen LogP contribution is 2.38. The number of hydrogen-bond acceptors (Lipinski definition) is 6. The Bertz CT molecular complexity index is 885. The molecule has 2 N–H and O–H groups in total. The van der Waals surface area contributed by atoms with Gasteiger partial charge in [0.25, 0.3) is 0 Å². The molecule has 8 heteroatoms. The van der Waals surface area contributed by atoms with Crippen LogP contribution in [-0.2, 0) is 9.53 Å². The Kier molecular flexibility index (Phi) is 5.85. The highest BCUT2D eigenvalue weighted by Gasteiger charge is 2.18. The van der Waals surface area contributed by atoms with Gasteiger partial charge in [-0.15, -0.1) is 0 Å². The zero-order valence-corrected chi connectivity index (χ0v) is 16.5. The lowest BCUT2D eigenvalue weighted by atomic mass is 10.1. The second-order valence-corrected chi connectivity index (χ2v) is 6.72. The largest absolute Gasteiger partial charge is 0.486 e. The van der Waals surface area contributed by atoms with Gasteiger partial charge in [-0.1, -0.05) is 12.1 Å². The summed E-state index contributed by atoms with van der Waals surface area (Å²) in [4.78, 5) is 24.3. The SMILES string of the molecule is COC(=O)c1c(C)cccc1NCC(=O)Nc1cc2c(cc1Br)OCCO2. The van der Waals surface area contributed by atoms with Crippen LogP contribution in [-0.4, -0.2) is 38.7 Å². The molecule has 0 saturated carbocycles. The lowest BCUT2D eigenvalue weighted by Crippen LogP contribution is -2.23. The van der Waals surface area contributed by atoms with E-state index in [9.17, 15) is 9.59 Å². The van der Waals surface area contributed by atoms with E-state index in [1.54, 1.807) is 24.3 Å². The van der Waals surface area contributed by atoms with Crippen LogP contribution in [0, 0.1) is 6.92 Å². The van der Waals surface area contributed by atoms with Gasteiger partial charge in [-0.05, 0) is 34.5 Å². The molecule has 1 heterocycles. The number of halogens is 1. The number of carbonyl (C=O) groups is 2. The van der Waals surface area contributed by atoms with Crippen LogP contribution in [0.25, 0.3) is 0 Å². The standard InChI is InChI=1S/C19H19BrN2O5/c1-11-4-3-5-13(18(11)19(24)25-2)21-10-17(23)22-14-9-16-15(8-12(14)20)26-6-7-27-16/h3-5,8-9,21H,6-7,10H2,1-2H3,(H,22,23). The average Bonchev–Trinajstić information content (AvgIpc) is 2.66. The lowest BCUT2D eigenvalue weighted by Gasteiger charge is -2.20. The minimum absolute atomic E-state index is 0.0195. The second-order valence-electron chi connectivity index (χ2n) is 5.87. The van der Waals surface area contributed by atoms with Crippen LogP contribution in [0.3, 0.4) is 0 Å². The number of amides is 1. The number of fused-ring (bicyclic) bond motifs is 1. The van der Waals surface area contributed by atoms with Crippen molar-refractivity contribution >= 4 is 39.2 Å². The Balaban J connectivity index is 1.69. The Hall–Kier alpha value is -2.74. The summed E-state index contributed by atoms with van der Waals surface area (Å²) in [6.07, 6.45) is 0. The van der Waals surface area contributed by atoms with Crippen molar-refractivity contribution in [3.8, 4) is 11.5 Å². The number of benzene rings is 2. The minimum Gasteiger partial charge on any atom is -0.486 e. The van der Waals surface area contributed by atoms with Crippen LogP contribution in [0.15, 0.2) is 34.8 Å². The Morgan fingerprint density at radius 2 is 1.85 bits per heavy atom. The molecule has 2 aromatic carbocycles. The van der Waals surface area contributed by atoms with Gasteiger partial charge in [-0.25, -0.2) is 4.79 Å². The lowest BCUT2D eigenvalue weighted by molar-refractivity contribution is -0.114. The van der Waals surface area contributed by atoms with Crippen LogP contribution in [0.4, 0.5) is 11.4 Å². The second kappa shape index (κ2) is 8.30. The molecule has 0 atom stereocenters. The van der Waals surface area contributed by atoms with Crippen molar-refractivity contribution in [3.05, 3.63) is 45.9 Å². The number of aryl methyl sites for hydroxylation is 1. The third kappa shape index (κ3) is 4.33. The first-order valence-corrected chi connectivity index (χ1v) is 9.09. The summed E-state index contributed by atoms with van der Waals surface area (Å²) in [5, 5.41) is 5.79. The van der Waals surface area contributed by atoms with E-state index >= 15 is 0 Å². The van der Waals surface area contributed by atoms with Gasteiger partial charge >= 0.3 is 5.97 Å². The number of nitrogens with one attached hydrogen (secondary N) is 2. The molecule has 7 nitrogen and oxygen atoms in total. The normalized spacial score (nSPS) is 12.3. The van der Waals surface area contributed by atoms with E-state index in [0.717, 1.165) is 5.56 Å². The molecule has 0 unspecified atom stereocenters. The summed E-state index contributed by atoms with van der Waals surface area (Å²) >= 11 is 3.42. The molecule has 1 amide bonds. The van der Waals surface area contributed by atoms with Gasteiger partial charge in [-0.2, -0.15) is 0 Å². The predicted molar refractivity (Wildman–Crippen MR) is 105 cm³/mol. The molecule has 0 aliphatic carbocycles. The Morgan fingerprint density at radius 3 is 2.56 bits per heavy atom. The first-order chi connectivity index (χ1) is 13.0. The summed E-state index contributed by atoms with van der Waals surface area (Å²) < 4.78 is 16.5. The summed E-state index contributed by atoms with van der Waals surface area (Å²) in [5.74, 6) is 0.487. The van der Waals surface area contributed by atoms with Crippen LogP contribution < -0.4 is 20.1 Å². The number of rotatable bonds is 5. The summed E-state index contributed by atoms with van der Waals surface area (Å²) in [6.45, 7) is 2.75. The average molecular weight is 435 g/mol. The molecular weight excluding hydrogens is 416 g/mol. The Labute approximate surface area is 165 Å². The van der Waals surface area contributed by atoms with Gasteiger partial charge in [0, 0.05) is 22.3 Å². The van der Waals surface area contributed by atoms with Crippen LogP contribution in [0.2, 0.25) is 0 Å². The van der Waals surface area contributed by atoms with Crippen molar-refractivity contribution in [1.29, 1.82) is 0 Å². The maximum atomic E-state index is 12.4. The van der Waals surface area contributed by atoms with Crippen molar-refractivity contribution in [2.24, 2.45) is 0 Å². The fourth-order valence-electron chi connectivity index (χ4n) is 2.72. The van der Waals surface area contributed by atoms with E-state index in [1.807, 2.05) is 13.0 Å². The van der Waals surface area contributed by atoms with E-state index in [-0.39, 0.29) is 12.5 Å². The Morgan fingerprint density at radius 1 is 1.15 bits per heavy atom. The van der Waals surface area contributed by atoms with Gasteiger partial charge in [-0.3, -0.25) is 4.79 Å². The fourth-order valence-corrected chi connectivity index (χ4v) is 3.14. The maximum Gasteiger partial charge on any atom is 0.340 e. The smallest absolute Gasteiger partial charge is 0.340 e. The summed E-state index contributed by atoms with van der Waals surface area (Å²) in [7, 11) is 1.32. The first-order valence-electron chi connectivity index (χ1n) is 8.30. The third-order valence-electron chi connectivity index (χ3n) is 4.01. The van der Waals surface area contributed by atoms with Crippen molar-refractivity contribution in [2.75, 3.05) is 37.5 Å². The van der Waals surface area contributed by atoms with Gasteiger partial charge in [0.2, 0.25) is 5.91 Å². The molecule has 0 bridgehead atoms. The minimum atomic E-state index is -0.453. The number of ether oxygens (including phenoxy) is 3. The van der Waals surface area contributed by atoms with Crippen molar-refractivity contribution < 1.29 is 23.8 Å². The molecule has 1 aliphatic heterocycles. The molecule has 0 spiro atoms. The molecule has 3 rings (SSSR count). The van der Waals surface area contributed by atoms with E-state index in [1.165, 1.54) is 7.11 Å². The molecule has 0 saturated heterocycles. The monoisotopic (exact) mass is 434 g/mol. The molecule has 142 valence electrons. The van der Waals surface area contributed by atoms with E-state index < -0.39 is 5.97 Å². The van der Waals surface area contributed by atoms with Crippen LogP contribution in [0.5, 0.6) is 11.5 Å². The number of hydrogen-bond donors (Lipinski definition) is 2. The van der Waals surface area contributed by atoms with Gasteiger partial charge in [0.1, 0.15) is 13.2 Å². The quantitative estimate of drug-likeness (QED) is 0.701. The predicted octanol–water partition coefficient (Wildman–Crippen LogP) is 3.37. The van der Waals surface area contributed by atoms with Gasteiger partial charge in [0.05, 0.1) is 24.9 Å². The van der Waals surface area contributed by atoms with Crippen LogP contribution >= 0.6 is 15.9 Å². The van der Waals surface area contributed by atoms with Crippen molar-refractivity contribution in [3.63, 3.8) is 0 Å². The number of methoxy groups -OCH3 is 1. The zero-order chi connectivity index (χ0) is 19.4. The molecule has 0 aromatic heterocycles. The molecule has 0 radical (unpaired) electrons. The molecule has 0 fully saturated rings. The molecule has 1 aliphatic rings. The zero-order valence-electron chi connectivity index (χ0n) is 14.9. The van der Waals surface area contributed by atoms with E-state index in [2.05, 4.69) is 26.6 Å². The topological polar surface area (TPSA) is 85.9 Å². The highest BCUT2D eigenvalue weighted by molar-refractivity contribution is 9.10. The summed E-state index contributed by atoms with van der Waals surface area (Å²) in [5.41, 5.74) is 2.29. The highest BCUT2D eigenvalue weighted by atomic mass is 79.9. The van der Waals surface area contributed by atoms with Crippen LogP contribution in [0.1, 0.15) is 15.9 Å². The molecule has 27 heavy (non-hydrogen) atoms. The summed E-state index contributed by atoms with van der Waals surface area (Å²) in [6, 6.07) is 8.81. The fraction of sp³-hybridized carbons (Fsp3) is 0.263. The number of esters is 1. The number of carbonyl (C=O) groups excluding carboxylic acids is 2. The van der Waals surface area contributed by atoms with Crippen molar-refractivity contribution in [2.45, 2.75) is 6.92 Å². The van der Waals surface area contributed by atoms with Crippen molar-refractivity contribution in [1.82, 2.24) is 0 Å². The maximum absolute atomic E-state index is 12.4. The van der Waals surface area contributed by atoms with E-state index in [4.69, 9.17) is 14.2 Å².